The lowest BCUT2D eigenvalue weighted by atomic mass is 9.85. The maximum atomic E-state index is 13.5. The van der Waals surface area contributed by atoms with E-state index in [1.54, 1.807) is 37.3 Å². The van der Waals surface area contributed by atoms with E-state index in [1.807, 2.05) is 24.3 Å². The number of hydrogen-bond acceptors (Lipinski definition) is 4. The molecule has 0 bridgehead atoms. The van der Waals surface area contributed by atoms with Crippen molar-refractivity contribution in [1.82, 2.24) is 0 Å². The van der Waals surface area contributed by atoms with E-state index in [-0.39, 0.29) is 22.3 Å². The number of carbonyl (C=O) groups is 2. The van der Waals surface area contributed by atoms with Gasteiger partial charge in [-0.1, -0.05) is 74.3 Å². The first-order valence-corrected chi connectivity index (χ1v) is 12.2. The third kappa shape index (κ3) is 4.49. The number of methoxy groups -OCH3 is 1. The van der Waals surface area contributed by atoms with Crippen LogP contribution in [-0.2, 0) is 15.0 Å². The number of amides is 1. The van der Waals surface area contributed by atoms with Crippen LogP contribution in [0.3, 0.4) is 0 Å². The van der Waals surface area contributed by atoms with Gasteiger partial charge in [0.2, 0.25) is 0 Å². The fourth-order valence-electron chi connectivity index (χ4n) is 4.43. The maximum Gasteiger partial charge on any atom is 0.300 e. The lowest BCUT2D eigenvalue weighted by molar-refractivity contribution is -0.132. The Hall–Kier alpha value is -3.28. The monoisotopic (exact) mass is 523 g/mol. The fraction of sp³-hybridized carbons (Fsp3) is 0.241. The van der Waals surface area contributed by atoms with Gasteiger partial charge in [-0.2, -0.15) is 0 Å². The summed E-state index contributed by atoms with van der Waals surface area (Å²) in [4.78, 5) is 28.4. The highest BCUT2D eigenvalue weighted by Gasteiger charge is 2.47. The van der Waals surface area contributed by atoms with Crippen molar-refractivity contribution in [2.75, 3.05) is 12.0 Å². The van der Waals surface area contributed by atoms with Crippen molar-refractivity contribution in [2.24, 2.45) is 0 Å². The Morgan fingerprint density at radius 2 is 1.67 bits per heavy atom. The number of rotatable bonds is 4. The van der Waals surface area contributed by atoms with E-state index in [0.29, 0.717) is 32.6 Å². The molecule has 0 aromatic heterocycles. The van der Waals surface area contributed by atoms with E-state index in [2.05, 4.69) is 20.8 Å². The number of Topliss-reactive ketones (excluding diaryl/α,β-unsaturated/α-hetero) is 1. The molecule has 0 saturated carbocycles. The summed E-state index contributed by atoms with van der Waals surface area (Å²) in [6, 6.07) is 16.7. The van der Waals surface area contributed by atoms with Gasteiger partial charge >= 0.3 is 0 Å². The Morgan fingerprint density at radius 3 is 2.28 bits per heavy atom. The van der Waals surface area contributed by atoms with Crippen molar-refractivity contribution in [3.05, 3.63) is 98.5 Å². The number of hydrogen-bond donors (Lipinski definition) is 1. The van der Waals surface area contributed by atoms with E-state index in [0.717, 1.165) is 5.56 Å². The summed E-state index contributed by atoms with van der Waals surface area (Å²) >= 11 is 12.6. The lowest BCUT2D eigenvalue weighted by Gasteiger charge is -2.28. The average Bonchev–Trinajstić information content (AvgIpc) is 3.10. The quantitative estimate of drug-likeness (QED) is 0.222. The van der Waals surface area contributed by atoms with Crippen molar-refractivity contribution in [3.8, 4) is 5.75 Å². The fourth-order valence-corrected chi connectivity index (χ4v) is 4.77. The Bertz CT molecular complexity index is 1390. The molecule has 4 rings (SSSR count). The van der Waals surface area contributed by atoms with Crippen LogP contribution in [0.1, 0.15) is 49.1 Å². The number of nitrogens with zero attached hydrogens (tertiary/aromatic N) is 1. The molecule has 5 nitrogen and oxygen atoms in total. The third-order valence-corrected chi connectivity index (χ3v) is 7.10. The van der Waals surface area contributed by atoms with Gasteiger partial charge in [-0.25, -0.2) is 0 Å². The van der Waals surface area contributed by atoms with Crippen LogP contribution >= 0.6 is 23.2 Å². The van der Waals surface area contributed by atoms with Crippen LogP contribution in [0.4, 0.5) is 5.69 Å². The Kier molecular flexibility index (Phi) is 6.91. The van der Waals surface area contributed by atoms with E-state index in [4.69, 9.17) is 27.9 Å². The minimum atomic E-state index is -0.889. The second kappa shape index (κ2) is 9.64. The molecule has 3 aromatic rings. The molecular weight excluding hydrogens is 497 g/mol. The predicted molar refractivity (Wildman–Crippen MR) is 144 cm³/mol. The van der Waals surface area contributed by atoms with Gasteiger partial charge in [0, 0.05) is 15.7 Å². The van der Waals surface area contributed by atoms with Gasteiger partial charge < -0.3 is 9.84 Å². The predicted octanol–water partition coefficient (Wildman–Crippen LogP) is 7.23. The standard InChI is InChI=1S/C29H27Cl2NO4/c1-16-21(31)7-6-8-22(16)32-25(17-9-11-18(12-10-17)29(2,3)4)24(27(34)28(32)35)26(33)20-15-19(30)13-14-23(20)36-5/h6-15,25,33H,1-5H3/b26-24+. The minimum absolute atomic E-state index is 0.0524. The maximum absolute atomic E-state index is 13.5. The largest absolute Gasteiger partial charge is 0.507 e. The molecule has 1 fully saturated rings. The zero-order valence-electron chi connectivity index (χ0n) is 20.7. The Labute approximate surface area is 220 Å². The van der Waals surface area contributed by atoms with Crippen LogP contribution in [0.2, 0.25) is 10.0 Å². The Morgan fingerprint density at radius 1 is 1.00 bits per heavy atom. The number of anilines is 1. The molecule has 3 aromatic carbocycles. The highest BCUT2D eigenvalue weighted by Crippen LogP contribution is 2.45. The van der Waals surface area contributed by atoms with Crippen LogP contribution in [0.5, 0.6) is 5.75 Å². The van der Waals surface area contributed by atoms with E-state index in [1.165, 1.54) is 18.1 Å². The number of aliphatic hydroxyl groups is 1. The summed E-state index contributed by atoms with van der Waals surface area (Å²) in [6.07, 6.45) is 0. The second-order valence-corrected chi connectivity index (χ2v) is 10.6. The van der Waals surface area contributed by atoms with Crippen LogP contribution < -0.4 is 9.64 Å². The highest BCUT2D eigenvalue weighted by atomic mass is 35.5. The molecule has 36 heavy (non-hydrogen) atoms. The van der Waals surface area contributed by atoms with Crippen molar-refractivity contribution in [2.45, 2.75) is 39.2 Å². The van der Waals surface area contributed by atoms with Gasteiger partial charge in [-0.05, 0) is 59.4 Å². The van der Waals surface area contributed by atoms with E-state index < -0.39 is 17.7 Å². The van der Waals surface area contributed by atoms with Gasteiger partial charge in [0.25, 0.3) is 11.7 Å². The molecule has 7 heteroatoms. The first-order valence-electron chi connectivity index (χ1n) is 11.5. The molecule has 0 radical (unpaired) electrons. The normalized spacial score (nSPS) is 17.5. The summed E-state index contributed by atoms with van der Waals surface area (Å²) in [5.41, 5.74) is 3.00. The van der Waals surface area contributed by atoms with Crippen molar-refractivity contribution < 1.29 is 19.4 Å². The summed E-state index contributed by atoms with van der Waals surface area (Å²) in [5, 5.41) is 12.3. The van der Waals surface area contributed by atoms with Gasteiger partial charge in [-0.15, -0.1) is 0 Å². The first kappa shape index (κ1) is 25.8. The highest BCUT2D eigenvalue weighted by molar-refractivity contribution is 6.52. The minimum Gasteiger partial charge on any atom is -0.507 e. The van der Waals surface area contributed by atoms with Gasteiger partial charge in [0.05, 0.1) is 24.3 Å². The van der Waals surface area contributed by atoms with Crippen LogP contribution in [0, 0.1) is 6.92 Å². The molecule has 1 saturated heterocycles. The van der Waals surface area contributed by atoms with Crippen molar-refractivity contribution in [3.63, 3.8) is 0 Å². The molecule has 0 aliphatic carbocycles. The number of carbonyl (C=O) groups excluding carboxylic acids is 2. The third-order valence-electron chi connectivity index (χ3n) is 6.45. The van der Waals surface area contributed by atoms with Crippen LogP contribution in [-0.4, -0.2) is 23.9 Å². The molecule has 186 valence electrons. The zero-order valence-corrected chi connectivity index (χ0v) is 22.2. The number of aliphatic hydroxyl groups excluding tert-OH is 1. The Balaban J connectivity index is 2.00. The molecular formula is C29H27Cl2NO4. The van der Waals surface area contributed by atoms with Crippen LogP contribution in [0.15, 0.2) is 66.2 Å². The number of ketones is 1. The molecule has 1 atom stereocenters. The number of ether oxygens (including phenoxy) is 1. The SMILES string of the molecule is COc1ccc(Cl)cc1/C(O)=C1\C(=O)C(=O)N(c2cccc(Cl)c2C)C1c1ccc(C(C)(C)C)cc1. The van der Waals surface area contributed by atoms with Crippen molar-refractivity contribution in [1.29, 1.82) is 0 Å². The number of benzene rings is 3. The number of halogens is 2. The summed E-state index contributed by atoms with van der Waals surface area (Å²) in [5.74, 6) is -1.60. The zero-order chi connectivity index (χ0) is 26.4. The molecule has 1 amide bonds. The van der Waals surface area contributed by atoms with Gasteiger partial charge in [0.1, 0.15) is 11.5 Å². The molecule has 1 aliphatic heterocycles. The smallest absolute Gasteiger partial charge is 0.300 e. The summed E-state index contributed by atoms with van der Waals surface area (Å²) < 4.78 is 5.40. The second-order valence-electron chi connectivity index (χ2n) is 9.77. The summed E-state index contributed by atoms with van der Waals surface area (Å²) in [7, 11) is 1.46. The molecule has 1 heterocycles. The lowest BCUT2D eigenvalue weighted by Crippen LogP contribution is -2.30. The van der Waals surface area contributed by atoms with Crippen LogP contribution in [0.25, 0.3) is 5.76 Å². The van der Waals surface area contributed by atoms with Crippen molar-refractivity contribution >= 4 is 46.3 Å². The first-order chi connectivity index (χ1) is 17.0. The average molecular weight is 524 g/mol. The summed E-state index contributed by atoms with van der Waals surface area (Å²) in [6.45, 7) is 8.11. The van der Waals surface area contributed by atoms with E-state index in [9.17, 15) is 14.7 Å². The van der Waals surface area contributed by atoms with Gasteiger partial charge in [-0.3, -0.25) is 14.5 Å². The molecule has 0 spiro atoms. The van der Waals surface area contributed by atoms with E-state index >= 15 is 0 Å². The molecule has 1 aliphatic rings. The van der Waals surface area contributed by atoms with Gasteiger partial charge in [0.15, 0.2) is 0 Å². The topological polar surface area (TPSA) is 66.8 Å². The molecule has 1 N–H and O–H groups in total. The molecule has 1 unspecified atom stereocenters.